The van der Waals surface area contributed by atoms with Crippen LogP contribution in [0, 0.1) is 11.6 Å². The van der Waals surface area contributed by atoms with E-state index in [1.165, 1.54) is 18.2 Å². The highest BCUT2D eigenvalue weighted by molar-refractivity contribution is 7.99. The van der Waals surface area contributed by atoms with E-state index >= 15 is 0 Å². The van der Waals surface area contributed by atoms with Crippen molar-refractivity contribution in [3.63, 3.8) is 0 Å². The molecule has 0 amide bonds. The summed E-state index contributed by atoms with van der Waals surface area (Å²) in [6.07, 6.45) is 1.33. The predicted octanol–water partition coefficient (Wildman–Crippen LogP) is 2.48. The van der Waals surface area contributed by atoms with Crippen molar-refractivity contribution < 1.29 is 13.9 Å². The monoisotopic (exact) mass is 273 g/mol. The zero-order chi connectivity index (χ0) is 13.0. The van der Waals surface area contributed by atoms with Gasteiger partial charge in [0.25, 0.3) is 0 Å². The Morgan fingerprint density at radius 1 is 1.44 bits per heavy atom. The topological polar surface area (TPSA) is 32.3 Å². The highest BCUT2D eigenvalue weighted by Crippen LogP contribution is 2.20. The van der Waals surface area contributed by atoms with Crippen molar-refractivity contribution in [3.8, 4) is 0 Å². The molecular formula is C13H17F2NOS. The molecule has 2 atom stereocenters. The maximum Gasteiger partial charge on any atom is 0.131 e. The van der Waals surface area contributed by atoms with Crippen LogP contribution >= 0.6 is 11.8 Å². The molecular weight excluding hydrogens is 256 g/mol. The molecule has 2 unspecified atom stereocenters. The Hall–Kier alpha value is -0.650. The number of halogens is 2. The average Bonchev–Trinajstić information content (AvgIpc) is 2.37. The molecule has 2 N–H and O–H groups in total. The Balaban J connectivity index is 1.88. The second kappa shape index (κ2) is 6.50. The molecule has 2 rings (SSSR count). The summed E-state index contributed by atoms with van der Waals surface area (Å²) in [5.74, 6) is 0.897. The van der Waals surface area contributed by atoms with Gasteiger partial charge in [-0.3, -0.25) is 0 Å². The normalized spacial score (nSPS) is 21.8. The van der Waals surface area contributed by atoms with Gasteiger partial charge in [0.15, 0.2) is 0 Å². The van der Waals surface area contributed by atoms with Gasteiger partial charge in [-0.25, -0.2) is 8.78 Å². The average molecular weight is 273 g/mol. The molecule has 1 aliphatic rings. The molecule has 1 aliphatic heterocycles. The fourth-order valence-electron chi connectivity index (χ4n) is 2.06. The van der Waals surface area contributed by atoms with Gasteiger partial charge in [0.2, 0.25) is 0 Å². The minimum atomic E-state index is -0.933. The predicted molar refractivity (Wildman–Crippen MR) is 69.7 cm³/mol. The first-order valence-electron chi connectivity index (χ1n) is 6.11. The lowest BCUT2D eigenvalue weighted by Gasteiger charge is -2.24. The van der Waals surface area contributed by atoms with E-state index in [1.54, 1.807) is 0 Å². The van der Waals surface area contributed by atoms with Crippen LogP contribution in [0.4, 0.5) is 8.78 Å². The van der Waals surface area contributed by atoms with Gasteiger partial charge in [-0.15, -0.1) is 0 Å². The van der Waals surface area contributed by atoms with Gasteiger partial charge in [-0.1, -0.05) is 6.07 Å². The molecule has 1 aromatic carbocycles. The fraction of sp³-hybridized carbons (Fsp3) is 0.538. The van der Waals surface area contributed by atoms with Crippen LogP contribution in [-0.2, 0) is 0 Å². The minimum absolute atomic E-state index is 0.146. The maximum atomic E-state index is 13.4. The lowest BCUT2D eigenvalue weighted by atomic mass is 10.1. The summed E-state index contributed by atoms with van der Waals surface area (Å²) < 4.78 is 26.2. The van der Waals surface area contributed by atoms with Crippen LogP contribution in [0.2, 0.25) is 0 Å². The van der Waals surface area contributed by atoms with E-state index < -0.39 is 17.7 Å². The number of hydrogen-bond acceptors (Lipinski definition) is 3. The Morgan fingerprint density at radius 2 is 2.28 bits per heavy atom. The number of rotatable bonds is 4. The SMILES string of the molecule is OC(CNC1CCCSC1)c1ccc(F)cc1F. The van der Waals surface area contributed by atoms with E-state index in [0.29, 0.717) is 12.6 Å². The quantitative estimate of drug-likeness (QED) is 0.884. The van der Waals surface area contributed by atoms with Gasteiger partial charge >= 0.3 is 0 Å². The van der Waals surface area contributed by atoms with E-state index in [4.69, 9.17) is 0 Å². The molecule has 2 nitrogen and oxygen atoms in total. The fourth-order valence-corrected chi connectivity index (χ4v) is 3.17. The number of benzene rings is 1. The second-order valence-corrected chi connectivity index (χ2v) is 5.65. The van der Waals surface area contributed by atoms with Crippen molar-refractivity contribution in [2.75, 3.05) is 18.1 Å². The third-order valence-corrected chi connectivity index (χ3v) is 4.30. The molecule has 1 heterocycles. The van der Waals surface area contributed by atoms with E-state index in [9.17, 15) is 13.9 Å². The maximum absolute atomic E-state index is 13.4. The Bertz CT molecular complexity index is 397. The third kappa shape index (κ3) is 3.67. The highest BCUT2D eigenvalue weighted by atomic mass is 32.2. The molecule has 1 saturated heterocycles. The first kappa shape index (κ1) is 13.8. The van der Waals surface area contributed by atoms with E-state index in [-0.39, 0.29) is 5.56 Å². The molecule has 0 aliphatic carbocycles. The molecule has 0 radical (unpaired) electrons. The van der Waals surface area contributed by atoms with Crippen molar-refractivity contribution in [2.45, 2.75) is 25.0 Å². The molecule has 5 heteroatoms. The summed E-state index contributed by atoms with van der Waals surface area (Å²) >= 11 is 1.89. The van der Waals surface area contributed by atoms with Crippen LogP contribution in [0.1, 0.15) is 24.5 Å². The number of thioether (sulfide) groups is 1. The molecule has 1 fully saturated rings. The zero-order valence-corrected chi connectivity index (χ0v) is 10.9. The van der Waals surface area contributed by atoms with Crippen LogP contribution in [0.15, 0.2) is 18.2 Å². The van der Waals surface area contributed by atoms with Gasteiger partial charge in [0.1, 0.15) is 11.6 Å². The zero-order valence-electron chi connectivity index (χ0n) is 10.0. The van der Waals surface area contributed by atoms with Crippen LogP contribution in [0.25, 0.3) is 0 Å². The molecule has 0 saturated carbocycles. The molecule has 0 spiro atoms. The summed E-state index contributed by atoms with van der Waals surface area (Å²) in [6, 6.07) is 3.64. The lowest BCUT2D eigenvalue weighted by Crippen LogP contribution is -2.36. The van der Waals surface area contributed by atoms with Crippen molar-refractivity contribution in [2.24, 2.45) is 0 Å². The second-order valence-electron chi connectivity index (χ2n) is 4.50. The molecule has 0 aromatic heterocycles. The van der Waals surface area contributed by atoms with Crippen LogP contribution < -0.4 is 5.32 Å². The summed E-state index contributed by atoms with van der Waals surface area (Å²) in [4.78, 5) is 0. The van der Waals surface area contributed by atoms with Gasteiger partial charge in [0, 0.05) is 30.0 Å². The smallest absolute Gasteiger partial charge is 0.131 e. The van der Waals surface area contributed by atoms with E-state index in [0.717, 1.165) is 24.3 Å². The number of hydrogen-bond donors (Lipinski definition) is 2. The van der Waals surface area contributed by atoms with Gasteiger partial charge < -0.3 is 10.4 Å². The van der Waals surface area contributed by atoms with Gasteiger partial charge in [0.05, 0.1) is 6.10 Å². The summed E-state index contributed by atoms with van der Waals surface area (Å²) in [6.45, 7) is 0.299. The van der Waals surface area contributed by atoms with Gasteiger partial charge in [-0.05, 0) is 24.7 Å². The highest BCUT2D eigenvalue weighted by Gasteiger charge is 2.17. The van der Waals surface area contributed by atoms with Gasteiger partial charge in [-0.2, -0.15) is 11.8 Å². The lowest BCUT2D eigenvalue weighted by molar-refractivity contribution is 0.165. The number of aliphatic hydroxyl groups is 1. The molecule has 18 heavy (non-hydrogen) atoms. The van der Waals surface area contributed by atoms with Crippen molar-refractivity contribution in [1.82, 2.24) is 5.32 Å². The minimum Gasteiger partial charge on any atom is -0.387 e. The van der Waals surface area contributed by atoms with Crippen LogP contribution in [-0.4, -0.2) is 29.2 Å². The van der Waals surface area contributed by atoms with Crippen molar-refractivity contribution >= 4 is 11.8 Å². The molecule has 1 aromatic rings. The first-order chi connectivity index (χ1) is 8.66. The van der Waals surface area contributed by atoms with Crippen molar-refractivity contribution in [3.05, 3.63) is 35.4 Å². The summed E-state index contributed by atoms with van der Waals surface area (Å²) in [5, 5.41) is 13.1. The van der Waals surface area contributed by atoms with Crippen LogP contribution in [0.5, 0.6) is 0 Å². The number of aliphatic hydroxyl groups excluding tert-OH is 1. The van der Waals surface area contributed by atoms with E-state index in [2.05, 4.69) is 5.32 Å². The molecule has 100 valence electrons. The Morgan fingerprint density at radius 3 is 2.94 bits per heavy atom. The molecule has 0 bridgehead atoms. The number of nitrogens with one attached hydrogen (secondary N) is 1. The summed E-state index contributed by atoms with van der Waals surface area (Å²) in [7, 11) is 0. The standard InChI is InChI=1S/C13H17F2NOS/c14-9-3-4-11(12(15)6-9)13(17)7-16-10-2-1-5-18-8-10/h3-4,6,10,13,16-17H,1-2,5,7-8H2. The Kier molecular flexibility index (Phi) is 4.97. The third-order valence-electron chi connectivity index (χ3n) is 3.08. The summed E-state index contributed by atoms with van der Waals surface area (Å²) in [5.41, 5.74) is 0.146. The van der Waals surface area contributed by atoms with Crippen LogP contribution in [0.3, 0.4) is 0 Å². The van der Waals surface area contributed by atoms with Crippen molar-refractivity contribution in [1.29, 1.82) is 0 Å². The Labute approximate surface area is 110 Å². The largest absolute Gasteiger partial charge is 0.387 e. The van der Waals surface area contributed by atoms with E-state index in [1.807, 2.05) is 11.8 Å². The first-order valence-corrected chi connectivity index (χ1v) is 7.26.